The van der Waals surface area contributed by atoms with Crippen molar-refractivity contribution in [1.82, 2.24) is 0 Å². The van der Waals surface area contributed by atoms with Gasteiger partial charge < -0.3 is 4.90 Å². The smallest absolute Gasteiger partial charge is 0.223 e. The van der Waals surface area contributed by atoms with Crippen LogP contribution in [0.25, 0.3) is 0 Å². The van der Waals surface area contributed by atoms with Crippen molar-refractivity contribution < 1.29 is 9.59 Å². The number of anilines is 1. The van der Waals surface area contributed by atoms with Crippen LogP contribution < -0.4 is 4.90 Å². The molecular weight excluding hydrogens is 190 g/mol. The highest BCUT2D eigenvalue weighted by atomic mass is 16.2. The number of benzene rings is 1. The maximum absolute atomic E-state index is 11.4. The molecule has 1 atom stereocenters. The summed E-state index contributed by atoms with van der Waals surface area (Å²) in [4.78, 5) is 24.0. The highest BCUT2D eigenvalue weighted by Gasteiger charge is 2.29. The van der Waals surface area contributed by atoms with E-state index in [9.17, 15) is 9.59 Å². The second-order valence-electron chi connectivity index (χ2n) is 3.93. The number of fused-ring (bicyclic) bond motifs is 1. The minimum absolute atomic E-state index is 0.0312. The highest BCUT2D eigenvalue weighted by Crippen LogP contribution is 2.37. The van der Waals surface area contributed by atoms with E-state index in [1.807, 2.05) is 19.1 Å². The number of aldehydes is 1. The number of rotatable bonds is 1. The molecule has 0 N–H and O–H groups in total. The zero-order chi connectivity index (χ0) is 11.0. The summed E-state index contributed by atoms with van der Waals surface area (Å²) in [6.45, 7) is 4.26. The molecule has 0 aliphatic carbocycles. The Kier molecular flexibility index (Phi) is 2.31. The van der Waals surface area contributed by atoms with Gasteiger partial charge in [0, 0.05) is 30.6 Å². The lowest BCUT2D eigenvalue weighted by molar-refractivity contribution is -0.116. The number of carbonyl (C=O) groups excluding carboxylic acids is 2. The third-order valence-electron chi connectivity index (χ3n) is 2.86. The van der Waals surface area contributed by atoms with Crippen LogP contribution in [0, 0.1) is 0 Å². The predicted octanol–water partition coefficient (Wildman–Crippen LogP) is 1.97. The number of nitrogens with zero attached hydrogens (tertiary/aromatic N) is 1. The molecule has 0 spiro atoms. The molecule has 3 heteroatoms. The normalized spacial score (nSPS) is 18.8. The zero-order valence-corrected chi connectivity index (χ0v) is 8.86. The van der Waals surface area contributed by atoms with Crippen LogP contribution in [0.2, 0.25) is 0 Å². The van der Waals surface area contributed by atoms with Gasteiger partial charge in [-0.25, -0.2) is 0 Å². The molecule has 1 aliphatic heterocycles. The van der Waals surface area contributed by atoms with Crippen LogP contribution in [0.3, 0.4) is 0 Å². The van der Waals surface area contributed by atoms with Gasteiger partial charge in [-0.05, 0) is 11.6 Å². The molecule has 0 saturated carbocycles. The number of amides is 1. The van der Waals surface area contributed by atoms with Crippen LogP contribution in [0.4, 0.5) is 5.69 Å². The molecule has 1 aliphatic rings. The van der Waals surface area contributed by atoms with Crippen molar-refractivity contribution in [3.05, 3.63) is 29.3 Å². The lowest BCUT2D eigenvalue weighted by Gasteiger charge is -2.14. The molecule has 1 heterocycles. The summed E-state index contributed by atoms with van der Waals surface area (Å²) < 4.78 is 0. The quantitative estimate of drug-likeness (QED) is 0.654. The first kappa shape index (κ1) is 9.90. The molecule has 1 unspecified atom stereocenters. The monoisotopic (exact) mass is 203 g/mol. The zero-order valence-electron chi connectivity index (χ0n) is 8.86. The van der Waals surface area contributed by atoms with Crippen LogP contribution in [0.1, 0.15) is 35.7 Å². The minimum atomic E-state index is 0.0312. The van der Waals surface area contributed by atoms with Crippen molar-refractivity contribution in [2.75, 3.05) is 11.4 Å². The predicted molar refractivity (Wildman–Crippen MR) is 58.3 cm³/mol. The Hall–Kier alpha value is -1.64. The van der Waals surface area contributed by atoms with Gasteiger partial charge in [-0.2, -0.15) is 0 Å². The van der Waals surface area contributed by atoms with Gasteiger partial charge in [-0.3, -0.25) is 9.59 Å². The second kappa shape index (κ2) is 3.50. The number of hydrogen-bond donors (Lipinski definition) is 0. The average molecular weight is 203 g/mol. The van der Waals surface area contributed by atoms with E-state index < -0.39 is 0 Å². The van der Waals surface area contributed by atoms with Crippen LogP contribution in [-0.2, 0) is 4.79 Å². The van der Waals surface area contributed by atoms with Gasteiger partial charge in [0.2, 0.25) is 5.91 Å². The lowest BCUT2D eigenvalue weighted by Crippen LogP contribution is -2.26. The second-order valence-corrected chi connectivity index (χ2v) is 3.93. The molecule has 0 aromatic heterocycles. The van der Waals surface area contributed by atoms with E-state index in [0.717, 1.165) is 17.5 Å². The third-order valence-corrected chi connectivity index (χ3v) is 2.86. The summed E-state index contributed by atoms with van der Waals surface area (Å²) in [6.07, 6.45) is 0.860. The van der Waals surface area contributed by atoms with Crippen molar-refractivity contribution in [1.29, 1.82) is 0 Å². The van der Waals surface area contributed by atoms with Gasteiger partial charge in [0.15, 0.2) is 0 Å². The van der Waals surface area contributed by atoms with Crippen LogP contribution >= 0.6 is 0 Å². The largest absolute Gasteiger partial charge is 0.312 e. The van der Waals surface area contributed by atoms with Gasteiger partial charge >= 0.3 is 0 Å². The Morgan fingerprint density at radius 2 is 2.27 bits per heavy atom. The van der Waals surface area contributed by atoms with Gasteiger partial charge in [-0.15, -0.1) is 0 Å². The lowest BCUT2D eigenvalue weighted by atomic mass is 9.98. The van der Waals surface area contributed by atoms with E-state index in [0.29, 0.717) is 12.1 Å². The van der Waals surface area contributed by atoms with Crippen molar-refractivity contribution in [3.63, 3.8) is 0 Å². The van der Waals surface area contributed by atoms with Crippen molar-refractivity contribution in [3.8, 4) is 0 Å². The topological polar surface area (TPSA) is 37.4 Å². The SMILES string of the molecule is CC(=O)N1CC(C)c2c(C=O)cccc21. The molecular formula is C12H13NO2. The van der Waals surface area contributed by atoms with E-state index in [1.54, 1.807) is 17.9 Å². The van der Waals surface area contributed by atoms with E-state index in [4.69, 9.17) is 0 Å². The molecule has 78 valence electrons. The molecule has 0 radical (unpaired) electrons. The highest BCUT2D eigenvalue weighted by molar-refractivity contribution is 5.96. The Morgan fingerprint density at radius 1 is 1.53 bits per heavy atom. The standard InChI is InChI=1S/C12H13NO2/c1-8-6-13(9(2)15)11-5-3-4-10(7-14)12(8)11/h3-5,7-8H,6H2,1-2H3. The number of hydrogen-bond acceptors (Lipinski definition) is 2. The van der Waals surface area contributed by atoms with Gasteiger partial charge in [0.25, 0.3) is 0 Å². The maximum Gasteiger partial charge on any atom is 0.223 e. The molecule has 0 bridgehead atoms. The maximum atomic E-state index is 11.4. The minimum Gasteiger partial charge on any atom is -0.312 e. The fourth-order valence-corrected chi connectivity index (χ4v) is 2.21. The Bertz CT molecular complexity index is 426. The van der Waals surface area contributed by atoms with Gasteiger partial charge in [0.05, 0.1) is 0 Å². The molecule has 3 nitrogen and oxygen atoms in total. The van der Waals surface area contributed by atoms with E-state index in [2.05, 4.69) is 0 Å². The fourth-order valence-electron chi connectivity index (χ4n) is 2.21. The van der Waals surface area contributed by atoms with Crippen molar-refractivity contribution in [2.45, 2.75) is 19.8 Å². The van der Waals surface area contributed by atoms with Crippen molar-refractivity contribution >= 4 is 17.9 Å². The molecule has 2 rings (SSSR count). The first-order valence-electron chi connectivity index (χ1n) is 5.01. The van der Waals surface area contributed by atoms with Gasteiger partial charge in [-0.1, -0.05) is 19.1 Å². The Balaban J connectivity index is 2.58. The van der Waals surface area contributed by atoms with Crippen LogP contribution in [0.5, 0.6) is 0 Å². The number of carbonyl (C=O) groups is 2. The summed E-state index contributed by atoms with van der Waals surface area (Å²) in [7, 11) is 0. The third kappa shape index (κ3) is 1.44. The van der Waals surface area contributed by atoms with E-state index >= 15 is 0 Å². The summed E-state index contributed by atoms with van der Waals surface area (Å²) in [6, 6.07) is 5.51. The molecule has 15 heavy (non-hydrogen) atoms. The molecule has 1 aromatic carbocycles. The summed E-state index contributed by atoms with van der Waals surface area (Å²) in [5, 5.41) is 0. The van der Waals surface area contributed by atoms with Gasteiger partial charge in [0.1, 0.15) is 6.29 Å². The summed E-state index contributed by atoms with van der Waals surface area (Å²) in [5.41, 5.74) is 2.59. The molecule has 1 amide bonds. The van der Waals surface area contributed by atoms with Crippen molar-refractivity contribution in [2.24, 2.45) is 0 Å². The average Bonchev–Trinajstić information content (AvgIpc) is 2.56. The summed E-state index contributed by atoms with van der Waals surface area (Å²) >= 11 is 0. The summed E-state index contributed by atoms with van der Waals surface area (Å²) in [5.74, 6) is 0.272. The molecule has 0 saturated heterocycles. The van der Waals surface area contributed by atoms with Crippen LogP contribution in [-0.4, -0.2) is 18.7 Å². The molecule has 1 aromatic rings. The Labute approximate surface area is 88.7 Å². The van der Waals surface area contributed by atoms with Crippen LogP contribution in [0.15, 0.2) is 18.2 Å². The molecule has 0 fully saturated rings. The van der Waals surface area contributed by atoms with E-state index in [1.165, 1.54) is 0 Å². The first-order valence-corrected chi connectivity index (χ1v) is 5.01. The fraction of sp³-hybridized carbons (Fsp3) is 0.333. The first-order chi connectivity index (χ1) is 7.15. The van der Waals surface area contributed by atoms with E-state index in [-0.39, 0.29) is 11.8 Å². The Morgan fingerprint density at radius 3 is 2.87 bits per heavy atom.